The number of thiophene rings is 1. The highest BCUT2D eigenvalue weighted by Crippen LogP contribution is 2.11. The molecule has 0 saturated carbocycles. The molecule has 0 aliphatic carbocycles. The lowest BCUT2D eigenvalue weighted by Crippen LogP contribution is -2.38. The molecule has 0 amide bonds. The average molecular weight is 349 g/mol. The predicted molar refractivity (Wildman–Crippen MR) is 98.5 cm³/mol. The predicted octanol–water partition coefficient (Wildman–Crippen LogP) is 3.45. The van der Waals surface area contributed by atoms with Crippen molar-refractivity contribution in [2.45, 2.75) is 19.3 Å². The third kappa shape index (κ3) is 7.00. The van der Waals surface area contributed by atoms with E-state index < -0.39 is 0 Å². The van der Waals surface area contributed by atoms with E-state index in [1.54, 1.807) is 30.5 Å². The van der Waals surface area contributed by atoms with Crippen molar-refractivity contribution in [3.63, 3.8) is 0 Å². The topological polar surface area (TPSA) is 45.7 Å². The second-order valence-electron chi connectivity index (χ2n) is 5.26. The summed E-state index contributed by atoms with van der Waals surface area (Å²) in [5, 5.41) is 8.69. The Morgan fingerprint density at radius 3 is 2.62 bits per heavy atom. The molecule has 6 heteroatoms. The summed E-state index contributed by atoms with van der Waals surface area (Å²) in [6.45, 7) is 2.33. The number of unbranched alkanes of at least 4 members (excludes halogenated alkanes) is 1. The van der Waals surface area contributed by atoms with Crippen LogP contribution in [0.1, 0.15) is 17.7 Å². The molecule has 4 nitrogen and oxygen atoms in total. The van der Waals surface area contributed by atoms with Crippen molar-refractivity contribution < 1.29 is 9.13 Å². The van der Waals surface area contributed by atoms with E-state index in [1.165, 1.54) is 17.0 Å². The van der Waals surface area contributed by atoms with E-state index in [0.29, 0.717) is 12.4 Å². The summed E-state index contributed by atoms with van der Waals surface area (Å²) in [6.07, 6.45) is 2.91. The highest BCUT2D eigenvalue weighted by molar-refractivity contribution is 7.09. The molecule has 2 rings (SSSR count). The van der Waals surface area contributed by atoms with E-state index in [2.05, 4.69) is 33.1 Å². The van der Waals surface area contributed by atoms with Gasteiger partial charge in [0.1, 0.15) is 11.6 Å². The maximum atomic E-state index is 12.8. The molecule has 0 fully saturated rings. The van der Waals surface area contributed by atoms with Crippen LogP contribution < -0.4 is 15.4 Å². The first kappa shape index (κ1) is 18.3. The standard InChI is InChI=1S/C18H24FN3OS/c1-20-18(22-12-10-17-5-4-14-24-17)21-11-2-3-13-23-16-8-6-15(19)7-9-16/h4-9,14H,2-3,10-13H2,1H3,(H2,20,21,22). The van der Waals surface area contributed by atoms with Gasteiger partial charge in [0.05, 0.1) is 6.61 Å². The van der Waals surface area contributed by atoms with Crippen LogP contribution in [-0.2, 0) is 6.42 Å². The Labute approximate surface area is 146 Å². The lowest BCUT2D eigenvalue weighted by Gasteiger charge is -2.11. The number of hydrogen-bond acceptors (Lipinski definition) is 3. The number of aliphatic imine (C=N–C) groups is 1. The maximum absolute atomic E-state index is 12.8. The second kappa shape index (κ2) is 10.6. The summed E-state index contributed by atoms with van der Waals surface area (Å²) in [4.78, 5) is 5.58. The van der Waals surface area contributed by atoms with Crippen molar-refractivity contribution in [1.82, 2.24) is 10.6 Å². The van der Waals surface area contributed by atoms with Gasteiger partial charge in [-0.25, -0.2) is 4.39 Å². The Morgan fingerprint density at radius 1 is 1.12 bits per heavy atom. The van der Waals surface area contributed by atoms with Gasteiger partial charge in [-0.3, -0.25) is 4.99 Å². The van der Waals surface area contributed by atoms with Gasteiger partial charge in [-0.15, -0.1) is 11.3 Å². The van der Waals surface area contributed by atoms with Crippen molar-refractivity contribution in [2.75, 3.05) is 26.7 Å². The van der Waals surface area contributed by atoms with E-state index in [-0.39, 0.29) is 5.82 Å². The Bertz CT molecular complexity index is 599. The normalized spacial score (nSPS) is 11.3. The third-order valence-corrected chi connectivity index (χ3v) is 4.35. The van der Waals surface area contributed by atoms with E-state index in [9.17, 15) is 4.39 Å². The molecule has 1 heterocycles. The molecule has 0 saturated heterocycles. The lowest BCUT2D eigenvalue weighted by atomic mass is 10.3. The zero-order valence-electron chi connectivity index (χ0n) is 13.9. The summed E-state index contributed by atoms with van der Waals surface area (Å²) in [5.74, 6) is 1.28. The zero-order valence-corrected chi connectivity index (χ0v) is 14.7. The van der Waals surface area contributed by atoms with E-state index in [0.717, 1.165) is 38.3 Å². The molecule has 1 aromatic heterocycles. The molecule has 2 N–H and O–H groups in total. The molecule has 0 radical (unpaired) electrons. The Hall–Kier alpha value is -2.08. The number of ether oxygens (including phenoxy) is 1. The van der Waals surface area contributed by atoms with Gasteiger partial charge in [0, 0.05) is 25.0 Å². The van der Waals surface area contributed by atoms with Crippen LogP contribution >= 0.6 is 11.3 Å². The number of benzene rings is 1. The van der Waals surface area contributed by atoms with Crippen LogP contribution in [0.3, 0.4) is 0 Å². The van der Waals surface area contributed by atoms with Crippen LogP contribution in [0, 0.1) is 5.82 Å². The fraction of sp³-hybridized carbons (Fsp3) is 0.389. The van der Waals surface area contributed by atoms with Gasteiger partial charge in [0.25, 0.3) is 0 Å². The monoisotopic (exact) mass is 349 g/mol. The van der Waals surface area contributed by atoms with Gasteiger partial charge in [0.15, 0.2) is 5.96 Å². The average Bonchev–Trinajstić information content (AvgIpc) is 3.11. The first-order chi connectivity index (χ1) is 11.8. The summed E-state index contributed by atoms with van der Waals surface area (Å²) in [5.41, 5.74) is 0. The molecule has 0 aliphatic rings. The van der Waals surface area contributed by atoms with E-state index in [1.807, 2.05) is 0 Å². The minimum Gasteiger partial charge on any atom is -0.494 e. The lowest BCUT2D eigenvalue weighted by molar-refractivity contribution is 0.306. The molecule has 1 aromatic carbocycles. The number of rotatable bonds is 9. The van der Waals surface area contributed by atoms with Crippen LogP contribution in [0.25, 0.3) is 0 Å². The summed E-state index contributed by atoms with van der Waals surface area (Å²) < 4.78 is 18.3. The molecular weight excluding hydrogens is 325 g/mol. The Balaban J connectivity index is 1.51. The fourth-order valence-electron chi connectivity index (χ4n) is 2.13. The molecule has 0 bridgehead atoms. The van der Waals surface area contributed by atoms with Gasteiger partial charge in [0.2, 0.25) is 0 Å². The molecular formula is C18H24FN3OS. The molecule has 130 valence electrons. The van der Waals surface area contributed by atoms with Gasteiger partial charge in [-0.2, -0.15) is 0 Å². The van der Waals surface area contributed by atoms with Crippen molar-refractivity contribution in [1.29, 1.82) is 0 Å². The number of hydrogen-bond donors (Lipinski definition) is 2. The minimum atomic E-state index is -0.246. The summed E-state index contributed by atoms with van der Waals surface area (Å²) in [7, 11) is 1.78. The van der Waals surface area contributed by atoms with Crippen molar-refractivity contribution in [3.8, 4) is 5.75 Å². The molecule has 0 atom stereocenters. The number of halogens is 1. The highest BCUT2D eigenvalue weighted by atomic mass is 32.1. The van der Waals surface area contributed by atoms with Crippen molar-refractivity contribution in [2.24, 2.45) is 4.99 Å². The molecule has 0 unspecified atom stereocenters. The molecule has 0 aliphatic heterocycles. The van der Waals surface area contributed by atoms with Crippen LogP contribution in [-0.4, -0.2) is 32.7 Å². The van der Waals surface area contributed by atoms with E-state index in [4.69, 9.17) is 4.74 Å². The second-order valence-corrected chi connectivity index (χ2v) is 6.30. The number of nitrogens with one attached hydrogen (secondary N) is 2. The maximum Gasteiger partial charge on any atom is 0.190 e. The third-order valence-electron chi connectivity index (χ3n) is 3.41. The van der Waals surface area contributed by atoms with Gasteiger partial charge in [-0.05, 0) is 55.0 Å². The summed E-state index contributed by atoms with van der Waals surface area (Å²) in [6, 6.07) is 10.3. The molecule has 24 heavy (non-hydrogen) atoms. The summed E-state index contributed by atoms with van der Waals surface area (Å²) >= 11 is 1.77. The smallest absolute Gasteiger partial charge is 0.190 e. The zero-order chi connectivity index (χ0) is 17.0. The van der Waals surface area contributed by atoms with Crippen molar-refractivity contribution in [3.05, 3.63) is 52.5 Å². The van der Waals surface area contributed by atoms with Gasteiger partial charge < -0.3 is 15.4 Å². The first-order valence-electron chi connectivity index (χ1n) is 8.13. The Morgan fingerprint density at radius 2 is 1.92 bits per heavy atom. The highest BCUT2D eigenvalue weighted by Gasteiger charge is 1.99. The van der Waals surface area contributed by atoms with Crippen molar-refractivity contribution >= 4 is 17.3 Å². The molecule has 2 aromatic rings. The van der Waals surface area contributed by atoms with Crippen LogP contribution in [0.15, 0.2) is 46.8 Å². The fourth-order valence-corrected chi connectivity index (χ4v) is 2.84. The van der Waals surface area contributed by atoms with Gasteiger partial charge >= 0.3 is 0 Å². The van der Waals surface area contributed by atoms with Crippen LogP contribution in [0.2, 0.25) is 0 Å². The first-order valence-corrected chi connectivity index (χ1v) is 9.01. The quantitative estimate of drug-likeness (QED) is 0.414. The van der Waals surface area contributed by atoms with Crippen LogP contribution in [0.5, 0.6) is 5.75 Å². The largest absolute Gasteiger partial charge is 0.494 e. The Kier molecular flexibility index (Phi) is 8.10. The SMILES string of the molecule is CN=C(NCCCCOc1ccc(F)cc1)NCCc1cccs1. The number of guanidine groups is 1. The molecule has 0 spiro atoms. The number of nitrogens with zero attached hydrogens (tertiary/aromatic N) is 1. The van der Waals surface area contributed by atoms with Crippen LogP contribution in [0.4, 0.5) is 4.39 Å². The van der Waals surface area contributed by atoms with Gasteiger partial charge in [-0.1, -0.05) is 6.07 Å². The van der Waals surface area contributed by atoms with E-state index >= 15 is 0 Å². The minimum absolute atomic E-state index is 0.246.